The summed E-state index contributed by atoms with van der Waals surface area (Å²) in [5.74, 6) is -6.93. The van der Waals surface area contributed by atoms with Crippen molar-refractivity contribution >= 4 is 5.97 Å². The molecule has 0 heterocycles. The monoisotopic (exact) mass is 258 g/mol. The van der Waals surface area contributed by atoms with Crippen LogP contribution in [0, 0.1) is 0 Å². The lowest BCUT2D eigenvalue weighted by Gasteiger charge is -2.27. The van der Waals surface area contributed by atoms with E-state index in [2.05, 4.69) is 4.74 Å². The average molecular weight is 258 g/mol. The van der Waals surface area contributed by atoms with E-state index in [4.69, 9.17) is 5.11 Å². The Hall–Kier alpha value is -1.06. The van der Waals surface area contributed by atoms with Crippen LogP contribution in [0.5, 0.6) is 0 Å². The van der Waals surface area contributed by atoms with Gasteiger partial charge in [0.05, 0.1) is 6.42 Å². The minimum Gasteiger partial charge on any atom is -0.481 e. The van der Waals surface area contributed by atoms with Gasteiger partial charge in [-0.05, 0) is 0 Å². The summed E-state index contributed by atoms with van der Waals surface area (Å²) in [4.78, 5) is 9.87. The molecule has 0 aromatic rings. The summed E-state index contributed by atoms with van der Waals surface area (Å²) < 4.78 is 85.3. The van der Waals surface area contributed by atoms with Crippen LogP contribution in [0.4, 0.5) is 30.7 Å². The van der Waals surface area contributed by atoms with Crippen LogP contribution in [0.2, 0.25) is 0 Å². The fourth-order valence-electron chi connectivity index (χ4n) is 0.702. The Kier molecular flexibility index (Phi) is 4.14. The van der Waals surface area contributed by atoms with Crippen LogP contribution in [-0.4, -0.2) is 29.5 Å². The molecular formula is C6H5F7O3. The fraction of sp³-hybridized carbons (Fsp3) is 0.833. The average Bonchev–Trinajstić information content (AvgIpc) is 1.95. The van der Waals surface area contributed by atoms with E-state index in [-0.39, 0.29) is 0 Å². The van der Waals surface area contributed by atoms with Crippen LogP contribution in [0.15, 0.2) is 0 Å². The molecule has 10 heteroatoms. The lowest BCUT2D eigenvalue weighted by molar-refractivity contribution is -0.448. The number of rotatable bonds is 4. The van der Waals surface area contributed by atoms with E-state index in [1.54, 1.807) is 0 Å². The summed E-state index contributed by atoms with van der Waals surface area (Å²) in [7, 11) is 0. The van der Waals surface area contributed by atoms with E-state index in [9.17, 15) is 35.5 Å². The second-order valence-corrected chi connectivity index (χ2v) is 2.67. The normalized spacial score (nSPS) is 16.9. The molecule has 0 aromatic heterocycles. The number of carboxylic acids is 1. The van der Waals surface area contributed by atoms with Crippen molar-refractivity contribution < 1.29 is 45.4 Å². The molecule has 0 aliphatic carbocycles. The molecule has 1 atom stereocenters. The van der Waals surface area contributed by atoms with Crippen molar-refractivity contribution in [1.82, 2.24) is 0 Å². The number of ether oxygens (including phenoxy) is 1. The number of hydrogen-bond donors (Lipinski definition) is 1. The number of hydrogen-bond acceptors (Lipinski definition) is 2. The largest absolute Gasteiger partial charge is 0.525 e. The molecule has 0 spiro atoms. The second-order valence-electron chi connectivity index (χ2n) is 2.67. The van der Waals surface area contributed by atoms with Crippen molar-refractivity contribution in [3.63, 3.8) is 0 Å². The van der Waals surface area contributed by atoms with Gasteiger partial charge in [-0.25, -0.2) is 9.13 Å². The maximum absolute atomic E-state index is 12.8. The SMILES string of the molecule is O=C(O)CC[C@@](F)(OC(F)(F)F)C(F)(F)F. The number of halogens is 7. The predicted octanol–water partition coefficient (Wildman–Crippen LogP) is 2.62. The van der Waals surface area contributed by atoms with Gasteiger partial charge in [-0.1, -0.05) is 0 Å². The minimum absolute atomic E-state index is 1.45. The van der Waals surface area contributed by atoms with E-state index >= 15 is 0 Å². The van der Waals surface area contributed by atoms with Crippen LogP contribution < -0.4 is 0 Å². The predicted molar refractivity (Wildman–Crippen MR) is 33.9 cm³/mol. The summed E-state index contributed by atoms with van der Waals surface area (Å²) in [6.07, 6.45) is -15.3. The van der Waals surface area contributed by atoms with Crippen LogP contribution >= 0.6 is 0 Å². The van der Waals surface area contributed by atoms with Crippen LogP contribution in [0.1, 0.15) is 12.8 Å². The Morgan fingerprint density at radius 1 is 1.06 bits per heavy atom. The Bertz CT molecular complexity index is 258. The highest BCUT2D eigenvalue weighted by molar-refractivity contribution is 5.66. The third-order valence-corrected chi connectivity index (χ3v) is 1.36. The van der Waals surface area contributed by atoms with Crippen molar-refractivity contribution in [2.24, 2.45) is 0 Å². The lowest BCUT2D eigenvalue weighted by atomic mass is 10.1. The van der Waals surface area contributed by atoms with Gasteiger partial charge in [-0.2, -0.15) is 13.2 Å². The molecular weight excluding hydrogens is 253 g/mol. The molecule has 0 aliphatic rings. The van der Waals surface area contributed by atoms with Crippen LogP contribution in [0.3, 0.4) is 0 Å². The topological polar surface area (TPSA) is 46.5 Å². The molecule has 16 heavy (non-hydrogen) atoms. The first-order chi connectivity index (χ1) is 6.87. The first-order valence-corrected chi connectivity index (χ1v) is 3.62. The molecule has 0 fully saturated rings. The van der Waals surface area contributed by atoms with Gasteiger partial charge >= 0.3 is 24.4 Å². The zero-order chi connectivity index (χ0) is 13.2. The molecule has 0 rings (SSSR count). The van der Waals surface area contributed by atoms with Crippen molar-refractivity contribution in [2.45, 2.75) is 31.2 Å². The summed E-state index contributed by atoms with van der Waals surface area (Å²) in [5, 5.41) is 7.97. The van der Waals surface area contributed by atoms with Crippen LogP contribution in [-0.2, 0) is 9.53 Å². The summed E-state index contributed by atoms with van der Waals surface area (Å²) >= 11 is 0. The van der Waals surface area contributed by atoms with Crippen molar-refractivity contribution in [2.75, 3.05) is 0 Å². The van der Waals surface area contributed by atoms with Crippen LogP contribution in [0.25, 0.3) is 0 Å². The molecule has 0 amide bonds. The quantitative estimate of drug-likeness (QED) is 0.788. The van der Waals surface area contributed by atoms with Gasteiger partial charge < -0.3 is 5.11 Å². The molecule has 0 aliphatic heterocycles. The number of aliphatic carboxylic acids is 1. The number of alkyl halides is 7. The number of carboxylic acid groups (broad SMARTS) is 1. The molecule has 0 bridgehead atoms. The molecule has 1 N–H and O–H groups in total. The molecule has 3 nitrogen and oxygen atoms in total. The summed E-state index contributed by atoms with van der Waals surface area (Å²) in [6.45, 7) is 0. The highest BCUT2D eigenvalue weighted by Gasteiger charge is 2.62. The third kappa shape index (κ3) is 4.64. The minimum atomic E-state index is -5.97. The van der Waals surface area contributed by atoms with E-state index in [0.29, 0.717) is 0 Å². The van der Waals surface area contributed by atoms with Crippen molar-refractivity contribution in [1.29, 1.82) is 0 Å². The molecule has 0 unspecified atom stereocenters. The van der Waals surface area contributed by atoms with Crippen molar-refractivity contribution in [3.05, 3.63) is 0 Å². The van der Waals surface area contributed by atoms with E-state index in [0.717, 1.165) is 0 Å². The zero-order valence-corrected chi connectivity index (χ0v) is 7.32. The Balaban J connectivity index is 4.83. The van der Waals surface area contributed by atoms with Gasteiger partial charge in [0.15, 0.2) is 0 Å². The van der Waals surface area contributed by atoms with E-state index in [1.807, 2.05) is 0 Å². The lowest BCUT2D eigenvalue weighted by Crippen LogP contribution is -2.47. The van der Waals surface area contributed by atoms with Gasteiger partial charge in [0.25, 0.3) is 0 Å². The van der Waals surface area contributed by atoms with E-state index < -0.39 is 37.2 Å². The standard InChI is InChI=1S/C6H5F7O3/c7-4(5(8,9)10,2-1-3(14)15)16-6(11,12)13/h1-2H2,(H,14,15)/t4-/m1/s1. The zero-order valence-electron chi connectivity index (χ0n) is 7.32. The van der Waals surface area contributed by atoms with Crippen molar-refractivity contribution in [3.8, 4) is 0 Å². The maximum atomic E-state index is 12.8. The molecule has 0 aromatic carbocycles. The molecule has 96 valence electrons. The fourth-order valence-corrected chi connectivity index (χ4v) is 0.702. The van der Waals surface area contributed by atoms with Gasteiger partial charge in [0, 0.05) is 6.42 Å². The molecule has 0 saturated heterocycles. The Labute approximate surface area is 83.8 Å². The van der Waals surface area contributed by atoms with Gasteiger partial charge in [-0.3, -0.25) is 4.79 Å². The highest BCUT2D eigenvalue weighted by Crippen LogP contribution is 2.42. The molecule has 0 saturated carbocycles. The second kappa shape index (κ2) is 4.44. The van der Waals surface area contributed by atoms with Gasteiger partial charge in [-0.15, -0.1) is 13.2 Å². The smallest absolute Gasteiger partial charge is 0.481 e. The summed E-state index contributed by atoms with van der Waals surface area (Å²) in [6, 6.07) is 0. The summed E-state index contributed by atoms with van der Waals surface area (Å²) in [5.41, 5.74) is 0. The number of carbonyl (C=O) groups is 1. The third-order valence-electron chi connectivity index (χ3n) is 1.36. The first kappa shape index (κ1) is 14.9. The van der Waals surface area contributed by atoms with Gasteiger partial charge in [0.1, 0.15) is 0 Å². The Morgan fingerprint density at radius 3 is 1.75 bits per heavy atom. The molecule has 0 radical (unpaired) electrons. The first-order valence-electron chi connectivity index (χ1n) is 3.62. The van der Waals surface area contributed by atoms with E-state index in [1.165, 1.54) is 0 Å². The Morgan fingerprint density at radius 2 is 1.50 bits per heavy atom. The highest BCUT2D eigenvalue weighted by atomic mass is 19.4. The van der Waals surface area contributed by atoms with Gasteiger partial charge in [0.2, 0.25) is 0 Å². The maximum Gasteiger partial charge on any atom is 0.525 e.